The number of hydrogen-bond acceptors (Lipinski definition) is 3. The molecule has 0 unspecified atom stereocenters. The van der Waals surface area contributed by atoms with Gasteiger partial charge in [-0.1, -0.05) is 23.8 Å². The number of nitrogen functional groups attached to an aromatic ring is 2. The summed E-state index contributed by atoms with van der Waals surface area (Å²) in [6.45, 7) is 0. The first-order chi connectivity index (χ1) is 7.59. The predicted octanol–water partition coefficient (Wildman–Crippen LogP) is 2.77. The van der Waals surface area contributed by atoms with Gasteiger partial charge in [-0.2, -0.15) is 0 Å². The minimum atomic E-state index is -0.578. The summed E-state index contributed by atoms with van der Waals surface area (Å²) in [6.07, 6.45) is 5.82. The normalized spacial score (nSPS) is 15.6. The lowest BCUT2D eigenvalue weighted by molar-refractivity contribution is 0.627. The van der Waals surface area contributed by atoms with E-state index in [0.717, 1.165) is 12.8 Å². The van der Waals surface area contributed by atoms with E-state index in [-0.39, 0.29) is 28.1 Å². The SMILES string of the molecule is Nc1cc(N)c(NC2CC=CC2)c(F)c1Cl. The summed E-state index contributed by atoms with van der Waals surface area (Å²) in [7, 11) is 0. The molecule has 0 aliphatic heterocycles. The summed E-state index contributed by atoms with van der Waals surface area (Å²) in [5.74, 6) is -0.578. The van der Waals surface area contributed by atoms with E-state index < -0.39 is 5.82 Å². The molecule has 5 heteroatoms. The molecule has 0 fully saturated rings. The Hall–Kier alpha value is -1.42. The maximum absolute atomic E-state index is 13.8. The molecule has 0 spiro atoms. The average Bonchev–Trinajstić information content (AvgIpc) is 2.74. The number of rotatable bonds is 2. The maximum atomic E-state index is 13.8. The van der Waals surface area contributed by atoms with Gasteiger partial charge in [-0.3, -0.25) is 0 Å². The van der Waals surface area contributed by atoms with Gasteiger partial charge < -0.3 is 16.8 Å². The van der Waals surface area contributed by atoms with Crippen LogP contribution in [-0.4, -0.2) is 6.04 Å². The number of nitrogens with one attached hydrogen (secondary N) is 1. The first kappa shape index (κ1) is 11.1. The van der Waals surface area contributed by atoms with Gasteiger partial charge >= 0.3 is 0 Å². The molecule has 0 radical (unpaired) electrons. The van der Waals surface area contributed by atoms with Crippen molar-refractivity contribution >= 4 is 28.7 Å². The lowest BCUT2D eigenvalue weighted by atomic mass is 10.2. The Labute approximate surface area is 98.3 Å². The molecule has 0 saturated carbocycles. The second-order valence-corrected chi connectivity index (χ2v) is 4.22. The van der Waals surface area contributed by atoms with Gasteiger partial charge in [-0.05, 0) is 18.9 Å². The zero-order chi connectivity index (χ0) is 11.7. The van der Waals surface area contributed by atoms with Crippen LogP contribution in [0.3, 0.4) is 0 Å². The van der Waals surface area contributed by atoms with Crippen LogP contribution in [0.2, 0.25) is 5.02 Å². The monoisotopic (exact) mass is 241 g/mol. The fourth-order valence-electron chi connectivity index (χ4n) is 1.75. The molecule has 1 aromatic carbocycles. The van der Waals surface area contributed by atoms with Gasteiger partial charge in [0.25, 0.3) is 0 Å². The highest BCUT2D eigenvalue weighted by atomic mass is 35.5. The van der Waals surface area contributed by atoms with Crippen LogP contribution in [-0.2, 0) is 0 Å². The third-order valence-corrected chi connectivity index (χ3v) is 3.01. The van der Waals surface area contributed by atoms with E-state index in [0.29, 0.717) is 0 Å². The fourth-order valence-corrected chi connectivity index (χ4v) is 1.90. The van der Waals surface area contributed by atoms with Crippen molar-refractivity contribution in [3.63, 3.8) is 0 Å². The number of anilines is 3. The Kier molecular flexibility index (Phi) is 2.92. The smallest absolute Gasteiger partial charge is 0.169 e. The molecular weight excluding hydrogens is 229 g/mol. The molecule has 0 aromatic heterocycles. The molecule has 0 heterocycles. The molecule has 16 heavy (non-hydrogen) atoms. The summed E-state index contributed by atoms with van der Waals surface area (Å²) in [4.78, 5) is 0. The third-order valence-electron chi connectivity index (χ3n) is 2.62. The number of nitrogens with two attached hydrogens (primary N) is 2. The highest BCUT2D eigenvalue weighted by Crippen LogP contribution is 2.34. The lowest BCUT2D eigenvalue weighted by Gasteiger charge is -2.17. The highest BCUT2D eigenvalue weighted by molar-refractivity contribution is 6.33. The van der Waals surface area contributed by atoms with E-state index in [1.54, 1.807) is 0 Å². The Bertz CT molecular complexity index is 437. The van der Waals surface area contributed by atoms with Crippen molar-refractivity contribution in [2.45, 2.75) is 18.9 Å². The second-order valence-electron chi connectivity index (χ2n) is 3.84. The van der Waals surface area contributed by atoms with Crippen molar-refractivity contribution in [3.05, 3.63) is 29.1 Å². The lowest BCUT2D eigenvalue weighted by Crippen LogP contribution is -2.17. The number of hydrogen-bond donors (Lipinski definition) is 3. The van der Waals surface area contributed by atoms with E-state index in [1.165, 1.54) is 6.07 Å². The summed E-state index contributed by atoms with van der Waals surface area (Å²) >= 11 is 5.73. The van der Waals surface area contributed by atoms with Crippen molar-refractivity contribution in [3.8, 4) is 0 Å². The van der Waals surface area contributed by atoms with Gasteiger partial charge in [0, 0.05) is 6.04 Å². The van der Waals surface area contributed by atoms with Crippen molar-refractivity contribution in [1.29, 1.82) is 0 Å². The first-order valence-corrected chi connectivity index (χ1v) is 5.42. The number of benzene rings is 1. The third kappa shape index (κ3) is 1.93. The van der Waals surface area contributed by atoms with Crippen LogP contribution in [0, 0.1) is 5.82 Å². The summed E-state index contributed by atoms with van der Waals surface area (Å²) in [5.41, 5.74) is 11.9. The highest BCUT2D eigenvalue weighted by Gasteiger charge is 2.18. The van der Waals surface area contributed by atoms with Crippen LogP contribution in [0.15, 0.2) is 18.2 Å². The van der Waals surface area contributed by atoms with Gasteiger partial charge in [0.2, 0.25) is 0 Å². The van der Waals surface area contributed by atoms with Crippen molar-refractivity contribution in [2.24, 2.45) is 0 Å². The van der Waals surface area contributed by atoms with E-state index in [2.05, 4.69) is 5.32 Å². The fraction of sp³-hybridized carbons (Fsp3) is 0.273. The molecule has 0 atom stereocenters. The molecular formula is C11H13ClFN3. The summed E-state index contributed by atoms with van der Waals surface area (Å²) in [6, 6.07) is 1.65. The topological polar surface area (TPSA) is 64.1 Å². The minimum Gasteiger partial charge on any atom is -0.397 e. The van der Waals surface area contributed by atoms with E-state index >= 15 is 0 Å². The van der Waals surface area contributed by atoms with E-state index in [9.17, 15) is 4.39 Å². The zero-order valence-electron chi connectivity index (χ0n) is 8.63. The van der Waals surface area contributed by atoms with Gasteiger partial charge in [0.1, 0.15) is 5.02 Å². The van der Waals surface area contributed by atoms with Crippen LogP contribution >= 0.6 is 11.6 Å². The average molecular weight is 242 g/mol. The molecule has 0 amide bonds. The van der Waals surface area contributed by atoms with Gasteiger partial charge in [0.05, 0.1) is 17.1 Å². The molecule has 0 bridgehead atoms. The zero-order valence-corrected chi connectivity index (χ0v) is 9.39. The van der Waals surface area contributed by atoms with E-state index in [4.69, 9.17) is 23.1 Å². The summed E-state index contributed by atoms with van der Waals surface area (Å²) < 4.78 is 13.8. The van der Waals surface area contributed by atoms with E-state index in [1.807, 2.05) is 12.2 Å². The van der Waals surface area contributed by atoms with Gasteiger partial charge in [-0.15, -0.1) is 0 Å². The second kappa shape index (κ2) is 4.22. The Morgan fingerprint density at radius 3 is 2.50 bits per heavy atom. The molecule has 5 N–H and O–H groups in total. The molecule has 3 nitrogen and oxygen atoms in total. The molecule has 1 aromatic rings. The van der Waals surface area contributed by atoms with Gasteiger partial charge in [-0.25, -0.2) is 4.39 Å². The molecule has 0 saturated heterocycles. The van der Waals surface area contributed by atoms with Crippen LogP contribution in [0.5, 0.6) is 0 Å². The Morgan fingerprint density at radius 1 is 1.25 bits per heavy atom. The first-order valence-electron chi connectivity index (χ1n) is 5.04. The summed E-state index contributed by atoms with van der Waals surface area (Å²) in [5, 5.41) is 2.96. The maximum Gasteiger partial charge on any atom is 0.169 e. The molecule has 1 aliphatic carbocycles. The van der Waals surface area contributed by atoms with Crippen molar-refractivity contribution < 1.29 is 4.39 Å². The number of halogens is 2. The van der Waals surface area contributed by atoms with Crippen LogP contribution in [0.1, 0.15) is 12.8 Å². The molecule has 1 aliphatic rings. The van der Waals surface area contributed by atoms with Crippen molar-refractivity contribution in [1.82, 2.24) is 0 Å². The molecule has 86 valence electrons. The largest absolute Gasteiger partial charge is 0.397 e. The van der Waals surface area contributed by atoms with Crippen LogP contribution in [0.4, 0.5) is 21.5 Å². The van der Waals surface area contributed by atoms with Gasteiger partial charge in [0.15, 0.2) is 5.82 Å². The quantitative estimate of drug-likeness (QED) is 0.551. The predicted molar refractivity (Wildman–Crippen MR) is 66.0 cm³/mol. The Balaban J connectivity index is 2.29. The standard InChI is InChI=1S/C11H13ClFN3/c12-9-7(14)5-8(15)11(10(9)13)16-6-3-1-2-4-6/h1-2,5-6,16H,3-4,14-15H2. The minimum absolute atomic E-state index is 0.0809. The van der Waals surface area contributed by atoms with Crippen molar-refractivity contribution in [2.75, 3.05) is 16.8 Å². The Morgan fingerprint density at radius 2 is 1.88 bits per heavy atom. The molecule has 2 rings (SSSR count). The van der Waals surface area contributed by atoms with Crippen LogP contribution < -0.4 is 16.8 Å². The van der Waals surface area contributed by atoms with Crippen LogP contribution in [0.25, 0.3) is 0 Å².